The molecule has 0 bridgehead atoms. The predicted molar refractivity (Wildman–Crippen MR) is 89.0 cm³/mol. The van der Waals surface area contributed by atoms with Crippen LogP contribution in [-0.4, -0.2) is 10.9 Å². The number of aromatic nitrogens is 1. The standard InChI is InChI=1S/C19H17FN2O/c1-12-17(15-4-2-3-5-16(15)21-12)19(10-11-19)18(23)22-14-8-6-13(20)7-9-14/h2-9,21H,10-11H2,1H3,(H,22,23). The number of hydrogen-bond donors (Lipinski definition) is 2. The number of halogens is 1. The summed E-state index contributed by atoms with van der Waals surface area (Å²) in [5.74, 6) is -0.325. The van der Waals surface area contributed by atoms with Crippen molar-refractivity contribution in [2.75, 3.05) is 5.32 Å². The Kier molecular flexibility index (Phi) is 3.01. The summed E-state index contributed by atoms with van der Waals surface area (Å²) in [5, 5.41) is 4.04. The van der Waals surface area contributed by atoms with Gasteiger partial charge in [0.05, 0.1) is 5.41 Å². The van der Waals surface area contributed by atoms with Crippen LogP contribution in [0.2, 0.25) is 0 Å². The molecule has 4 rings (SSSR count). The molecule has 1 amide bonds. The number of para-hydroxylation sites is 1. The smallest absolute Gasteiger partial charge is 0.235 e. The largest absolute Gasteiger partial charge is 0.358 e. The number of rotatable bonds is 3. The lowest BCUT2D eigenvalue weighted by Gasteiger charge is -2.16. The molecule has 1 aliphatic rings. The highest BCUT2D eigenvalue weighted by Crippen LogP contribution is 2.52. The van der Waals surface area contributed by atoms with E-state index in [1.165, 1.54) is 12.1 Å². The summed E-state index contributed by atoms with van der Waals surface area (Å²) in [6, 6.07) is 13.9. The van der Waals surface area contributed by atoms with E-state index in [1.54, 1.807) is 12.1 Å². The number of H-pyrrole nitrogens is 1. The van der Waals surface area contributed by atoms with E-state index < -0.39 is 5.41 Å². The Bertz CT molecular complexity index is 891. The van der Waals surface area contributed by atoms with Gasteiger partial charge >= 0.3 is 0 Å². The number of aryl methyl sites for hydroxylation is 1. The summed E-state index contributed by atoms with van der Waals surface area (Å²) in [6.45, 7) is 2.01. The van der Waals surface area contributed by atoms with Crippen LogP contribution in [-0.2, 0) is 10.2 Å². The van der Waals surface area contributed by atoms with Gasteiger partial charge in [0.15, 0.2) is 0 Å². The Morgan fingerprint density at radius 3 is 2.52 bits per heavy atom. The van der Waals surface area contributed by atoms with Gasteiger partial charge in [-0.15, -0.1) is 0 Å². The number of aromatic amines is 1. The van der Waals surface area contributed by atoms with Crippen LogP contribution >= 0.6 is 0 Å². The first-order valence-electron chi connectivity index (χ1n) is 7.75. The Morgan fingerprint density at radius 1 is 1.13 bits per heavy atom. The fourth-order valence-corrected chi connectivity index (χ4v) is 3.39. The molecule has 23 heavy (non-hydrogen) atoms. The van der Waals surface area contributed by atoms with Gasteiger partial charge in [-0.05, 0) is 55.7 Å². The molecule has 3 nitrogen and oxygen atoms in total. The molecule has 1 aliphatic carbocycles. The summed E-state index contributed by atoms with van der Waals surface area (Å²) < 4.78 is 13.0. The molecule has 1 heterocycles. The van der Waals surface area contributed by atoms with Gasteiger partial charge < -0.3 is 10.3 Å². The third-order valence-corrected chi connectivity index (χ3v) is 4.66. The van der Waals surface area contributed by atoms with E-state index in [4.69, 9.17) is 0 Å². The molecule has 4 heteroatoms. The number of fused-ring (bicyclic) bond motifs is 1. The number of carbonyl (C=O) groups excluding carboxylic acids is 1. The van der Waals surface area contributed by atoms with Crippen molar-refractivity contribution in [2.24, 2.45) is 0 Å². The van der Waals surface area contributed by atoms with Crippen LogP contribution in [0, 0.1) is 12.7 Å². The Labute approximate surface area is 133 Å². The lowest BCUT2D eigenvalue weighted by Crippen LogP contribution is -2.28. The minimum Gasteiger partial charge on any atom is -0.358 e. The average molecular weight is 308 g/mol. The monoisotopic (exact) mass is 308 g/mol. The SMILES string of the molecule is Cc1[nH]c2ccccc2c1C1(C(=O)Nc2ccc(F)cc2)CC1. The molecule has 2 aromatic carbocycles. The first-order valence-corrected chi connectivity index (χ1v) is 7.75. The molecule has 0 unspecified atom stereocenters. The molecule has 116 valence electrons. The molecular formula is C19H17FN2O. The van der Waals surface area contributed by atoms with Crippen molar-refractivity contribution in [3.05, 3.63) is 65.6 Å². The van der Waals surface area contributed by atoms with E-state index in [9.17, 15) is 9.18 Å². The van der Waals surface area contributed by atoms with Gasteiger partial charge in [-0.2, -0.15) is 0 Å². The number of benzene rings is 2. The van der Waals surface area contributed by atoms with E-state index in [0.29, 0.717) is 5.69 Å². The van der Waals surface area contributed by atoms with Crippen molar-refractivity contribution in [1.29, 1.82) is 0 Å². The first kappa shape index (κ1) is 14.0. The quantitative estimate of drug-likeness (QED) is 0.745. The number of hydrogen-bond acceptors (Lipinski definition) is 1. The first-order chi connectivity index (χ1) is 11.1. The van der Waals surface area contributed by atoms with Crippen LogP contribution in [0.5, 0.6) is 0 Å². The Morgan fingerprint density at radius 2 is 1.83 bits per heavy atom. The van der Waals surface area contributed by atoms with Crippen molar-refractivity contribution < 1.29 is 9.18 Å². The average Bonchev–Trinajstić information content (AvgIpc) is 3.26. The summed E-state index contributed by atoms with van der Waals surface area (Å²) in [5.41, 5.74) is 3.34. The summed E-state index contributed by atoms with van der Waals surface area (Å²) >= 11 is 0. The van der Waals surface area contributed by atoms with Crippen LogP contribution in [0.15, 0.2) is 48.5 Å². The van der Waals surface area contributed by atoms with E-state index in [2.05, 4.69) is 16.4 Å². The zero-order valence-corrected chi connectivity index (χ0v) is 12.8. The van der Waals surface area contributed by atoms with Gasteiger partial charge in [0.1, 0.15) is 5.82 Å². The highest BCUT2D eigenvalue weighted by molar-refractivity contribution is 6.05. The zero-order valence-electron chi connectivity index (χ0n) is 12.8. The fourth-order valence-electron chi connectivity index (χ4n) is 3.39. The number of carbonyl (C=O) groups is 1. The molecule has 0 spiro atoms. The molecule has 3 aromatic rings. The van der Waals surface area contributed by atoms with Crippen LogP contribution in [0.3, 0.4) is 0 Å². The zero-order chi connectivity index (χ0) is 16.0. The second-order valence-electron chi connectivity index (χ2n) is 6.21. The van der Waals surface area contributed by atoms with E-state index in [0.717, 1.165) is 35.0 Å². The van der Waals surface area contributed by atoms with Crippen molar-refractivity contribution in [2.45, 2.75) is 25.2 Å². The highest BCUT2D eigenvalue weighted by atomic mass is 19.1. The predicted octanol–water partition coefficient (Wildman–Crippen LogP) is 4.29. The second-order valence-corrected chi connectivity index (χ2v) is 6.21. The fraction of sp³-hybridized carbons (Fsp3) is 0.211. The molecule has 1 aromatic heterocycles. The normalized spacial score (nSPS) is 15.6. The maximum Gasteiger partial charge on any atom is 0.235 e. The highest BCUT2D eigenvalue weighted by Gasteiger charge is 2.53. The molecular weight excluding hydrogens is 291 g/mol. The third kappa shape index (κ3) is 2.22. The number of amides is 1. The molecule has 0 saturated heterocycles. The van der Waals surface area contributed by atoms with Crippen LogP contribution in [0.4, 0.5) is 10.1 Å². The molecule has 2 N–H and O–H groups in total. The molecule has 1 fully saturated rings. The van der Waals surface area contributed by atoms with Gasteiger partial charge in [-0.25, -0.2) is 4.39 Å². The van der Waals surface area contributed by atoms with Crippen molar-refractivity contribution in [3.63, 3.8) is 0 Å². The van der Waals surface area contributed by atoms with Gasteiger partial charge in [-0.3, -0.25) is 4.79 Å². The van der Waals surface area contributed by atoms with Crippen LogP contribution in [0.1, 0.15) is 24.1 Å². The van der Waals surface area contributed by atoms with E-state index in [1.807, 2.05) is 25.1 Å². The number of nitrogens with one attached hydrogen (secondary N) is 2. The van der Waals surface area contributed by atoms with E-state index in [-0.39, 0.29) is 11.7 Å². The molecule has 0 aliphatic heterocycles. The van der Waals surface area contributed by atoms with Gasteiger partial charge in [0.2, 0.25) is 5.91 Å². The summed E-state index contributed by atoms with van der Waals surface area (Å²) in [6.07, 6.45) is 1.67. The minimum atomic E-state index is -0.474. The summed E-state index contributed by atoms with van der Waals surface area (Å²) in [4.78, 5) is 16.2. The summed E-state index contributed by atoms with van der Waals surface area (Å²) in [7, 11) is 0. The van der Waals surface area contributed by atoms with Gasteiger partial charge in [0, 0.05) is 22.3 Å². The molecule has 1 saturated carbocycles. The maximum atomic E-state index is 13.0. The number of anilines is 1. The molecule has 0 atom stereocenters. The minimum absolute atomic E-state index is 0.0167. The van der Waals surface area contributed by atoms with Crippen LogP contribution in [0.25, 0.3) is 10.9 Å². The maximum absolute atomic E-state index is 13.0. The lowest BCUT2D eigenvalue weighted by atomic mass is 9.92. The van der Waals surface area contributed by atoms with E-state index >= 15 is 0 Å². The van der Waals surface area contributed by atoms with Crippen molar-refractivity contribution in [1.82, 2.24) is 4.98 Å². The lowest BCUT2D eigenvalue weighted by molar-refractivity contribution is -0.118. The van der Waals surface area contributed by atoms with Gasteiger partial charge in [0.25, 0.3) is 0 Å². The third-order valence-electron chi connectivity index (χ3n) is 4.66. The Balaban J connectivity index is 1.71. The Hall–Kier alpha value is -2.62. The van der Waals surface area contributed by atoms with Crippen LogP contribution < -0.4 is 5.32 Å². The van der Waals surface area contributed by atoms with Gasteiger partial charge in [-0.1, -0.05) is 18.2 Å². The van der Waals surface area contributed by atoms with Crippen molar-refractivity contribution in [3.8, 4) is 0 Å². The topological polar surface area (TPSA) is 44.9 Å². The molecule has 0 radical (unpaired) electrons. The van der Waals surface area contributed by atoms with Crippen molar-refractivity contribution >= 4 is 22.5 Å². The second kappa shape index (κ2) is 4.95.